The summed E-state index contributed by atoms with van der Waals surface area (Å²) >= 11 is 6.10. The highest BCUT2D eigenvalue weighted by Gasteiger charge is 2.33. The Morgan fingerprint density at radius 3 is 2.58 bits per heavy atom. The van der Waals surface area contributed by atoms with Gasteiger partial charge in [-0.25, -0.2) is 8.42 Å². The van der Waals surface area contributed by atoms with Gasteiger partial charge >= 0.3 is 0 Å². The third-order valence-corrected chi connectivity index (χ3v) is 7.33. The lowest BCUT2D eigenvalue weighted by atomic mass is 10.2. The van der Waals surface area contributed by atoms with Crippen molar-refractivity contribution in [2.75, 3.05) is 31.7 Å². The predicted octanol–water partition coefficient (Wildman–Crippen LogP) is 3.97. The number of rotatable bonds is 7. The molecule has 4 rings (SSSR count). The van der Waals surface area contributed by atoms with E-state index < -0.39 is 10.0 Å². The minimum Gasteiger partial charge on any atom is -0.495 e. The highest BCUT2D eigenvalue weighted by atomic mass is 35.5. The molecular formula is C24H23ClN2O5S. The van der Waals surface area contributed by atoms with Crippen LogP contribution >= 0.6 is 11.6 Å². The van der Waals surface area contributed by atoms with Crippen LogP contribution in [0.3, 0.4) is 0 Å². The van der Waals surface area contributed by atoms with E-state index in [9.17, 15) is 13.2 Å². The minimum atomic E-state index is -4.13. The van der Waals surface area contributed by atoms with Gasteiger partial charge in [0, 0.05) is 11.6 Å². The summed E-state index contributed by atoms with van der Waals surface area (Å²) in [7, 11) is -2.74. The van der Waals surface area contributed by atoms with Gasteiger partial charge in [0.25, 0.3) is 0 Å². The molecule has 0 unspecified atom stereocenters. The van der Waals surface area contributed by atoms with Crippen LogP contribution in [0.1, 0.15) is 5.56 Å². The zero-order valence-electron chi connectivity index (χ0n) is 18.0. The minimum absolute atomic E-state index is 0.0105. The van der Waals surface area contributed by atoms with Gasteiger partial charge in [0.1, 0.15) is 23.0 Å². The number of carbonyl (C=O) groups excluding carboxylic acids is 1. The standard InChI is InChI=1S/C24H23ClN2O5S/c1-31-22-12-11-19(25)15-23(22)33(29,30)26(16-18-7-3-2-4-8-18)17-24(28)27-13-14-32-21-10-6-5-9-20(21)27/h2-12,15H,13-14,16-17H2,1H3. The summed E-state index contributed by atoms with van der Waals surface area (Å²) in [6.07, 6.45) is 0. The predicted molar refractivity (Wildman–Crippen MR) is 126 cm³/mol. The van der Waals surface area contributed by atoms with E-state index in [1.807, 2.05) is 42.5 Å². The van der Waals surface area contributed by atoms with Crippen LogP contribution in [-0.4, -0.2) is 45.4 Å². The molecule has 0 atom stereocenters. The van der Waals surface area contributed by atoms with Crippen molar-refractivity contribution in [1.29, 1.82) is 0 Å². The number of para-hydroxylation sites is 2. The first-order valence-corrected chi connectivity index (χ1v) is 12.1. The Hall–Kier alpha value is -3.07. The average molecular weight is 487 g/mol. The van der Waals surface area contributed by atoms with Gasteiger partial charge in [0.2, 0.25) is 15.9 Å². The van der Waals surface area contributed by atoms with Crippen molar-refractivity contribution in [1.82, 2.24) is 4.31 Å². The SMILES string of the molecule is COc1ccc(Cl)cc1S(=O)(=O)N(CC(=O)N1CCOc2ccccc21)Cc1ccccc1. The molecule has 0 saturated carbocycles. The van der Waals surface area contributed by atoms with E-state index in [0.717, 1.165) is 9.87 Å². The highest BCUT2D eigenvalue weighted by Crippen LogP contribution is 2.33. The molecule has 0 aromatic heterocycles. The molecule has 7 nitrogen and oxygen atoms in total. The molecular weight excluding hydrogens is 464 g/mol. The Morgan fingerprint density at radius 2 is 1.82 bits per heavy atom. The molecule has 3 aromatic rings. The summed E-state index contributed by atoms with van der Waals surface area (Å²) in [4.78, 5) is 14.8. The van der Waals surface area contributed by atoms with E-state index in [2.05, 4.69) is 0 Å². The van der Waals surface area contributed by atoms with Crippen LogP contribution in [0.15, 0.2) is 77.7 Å². The molecule has 0 spiro atoms. The molecule has 1 amide bonds. The van der Waals surface area contributed by atoms with E-state index in [-0.39, 0.29) is 34.7 Å². The fraction of sp³-hybridized carbons (Fsp3) is 0.208. The fourth-order valence-corrected chi connectivity index (χ4v) is 5.46. The van der Waals surface area contributed by atoms with Gasteiger partial charge in [-0.15, -0.1) is 0 Å². The van der Waals surface area contributed by atoms with E-state index in [1.165, 1.54) is 19.2 Å². The van der Waals surface area contributed by atoms with Crippen molar-refractivity contribution in [3.63, 3.8) is 0 Å². The zero-order chi connectivity index (χ0) is 23.4. The zero-order valence-corrected chi connectivity index (χ0v) is 19.6. The topological polar surface area (TPSA) is 76.2 Å². The third kappa shape index (κ3) is 4.98. The van der Waals surface area contributed by atoms with Crippen LogP contribution in [-0.2, 0) is 21.4 Å². The Labute approximate surface area is 198 Å². The maximum Gasteiger partial charge on any atom is 0.247 e. The van der Waals surface area contributed by atoms with Crippen LogP contribution in [0.5, 0.6) is 11.5 Å². The Bertz CT molecular complexity index is 1250. The number of anilines is 1. The van der Waals surface area contributed by atoms with Crippen molar-refractivity contribution in [2.24, 2.45) is 0 Å². The maximum absolute atomic E-state index is 13.7. The summed E-state index contributed by atoms with van der Waals surface area (Å²) in [5, 5.41) is 0.252. The summed E-state index contributed by atoms with van der Waals surface area (Å²) < 4.78 is 39.5. The third-order valence-electron chi connectivity index (χ3n) is 5.29. The lowest BCUT2D eigenvalue weighted by Gasteiger charge is -2.31. The normalized spacial score (nSPS) is 13.4. The van der Waals surface area contributed by atoms with Crippen LogP contribution in [0.4, 0.5) is 5.69 Å². The molecule has 172 valence electrons. The van der Waals surface area contributed by atoms with Gasteiger partial charge < -0.3 is 14.4 Å². The lowest BCUT2D eigenvalue weighted by molar-refractivity contribution is -0.119. The second kappa shape index (κ2) is 9.82. The van der Waals surface area contributed by atoms with E-state index in [1.54, 1.807) is 23.1 Å². The van der Waals surface area contributed by atoms with Crippen molar-refractivity contribution < 1.29 is 22.7 Å². The van der Waals surface area contributed by atoms with Gasteiger partial charge in [0.15, 0.2) is 0 Å². The number of amides is 1. The highest BCUT2D eigenvalue weighted by molar-refractivity contribution is 7.89. The first-order valence-electron chi connectivity index (χ1n) is 10.3. The Balaban J connectivity index is 1.70. The fourth-order valence-electron chi connectivity index (χ4n) is 3.67. The smallest absolute Gasteiger partial charge is 0.247 e. The number of nitrogens with zero attached hydrogens (tertiary/aromatic N) is 2. The second-order valence-corrected chi connectivity index (χ2v) is 9.76. The molecule has 9 heteroatoms. The summed E-state index contributed by atoms with van der Waals surface area (Å²) in [6.45, 7) is 0.309. The molecule has 0 aliphatic carbocycles. The van der Waals surface area contributed by atoms with Gasteiger partial charge in [-0.3, -0.25) is 4.79 Å². The number of hydrogen-bond acceptors (Lipinski definition) is 5. The van der Waals surface area contributed by atoms with Gasteiger partial charge in [-0.05, 0) is 35.9 Å². The largest absolute Gasteiger partial charge is 0.495 e. The molecule has 0 bridgehead atoms. The number of sulfonamides is 1. The number of halogens is 1. The Morgan fingerprint density at radius 1 is 1.09 bits per heavy atom. The average Bonchev–Trinajstić information content (AvgIpc) is 2.83. The number of carbonyl (C=O) groups is 1. The molecule has 33 heavy (non-hydrogen) atoms. The first-order chi connectivity index (χ1) is 15.9. The van der Waals surface area contributed by atoms with Crippen molar-refractivity contribution >= 4 is 33.2 Å². The second-order valence-electron chi connectivity index (χ2n) is 7.42. The van der Waals surface area contributed by atoms with Crippen molar-refractivity contribution in [2.45, 2.75) is 11.4 Å². The molecule has 0 fully saturated rings. The number of methoxy groups -OCH3 is 1. The lowest BCUT2D eigenvalue weighted by Crippen LogP contribution is -2.45. The van der Waals surface area contributed by atoms with Crippen LogP contribution < -0.4 is 14.4 Å². The summed E-state index contributed by atoms with van der Waals surface area (Å²) in [5.41, 5.74) is 1.36. The van der Waals surface area contributed by atoms with Gasteiger partial charge in [-0.1, -0.05) is 54.1 Å². The quantitative estimate of drug-likeness (QED) is 0.505. The number of benzene rings is 3. The molecule has 1 aliphatic rings. The van der Waals surface area contributed by atoms with Crippen LogP contribution in [0.25, 0.3) is 0 Å². The first kappa shape index (κ1) is 23.1. The molecule has 0 radical (unpaired) electrons. The molecule has 1 aliphatic heterocycles. The molecule has 3 aromatic carbocycles. The van der Waals surface area contributed by atoms with Crippen molar-refractivity contribution in [3.8, 4) is 11.5 Å². The maximum atomic E-state index is 13.7. The van der Waals surface area contributed by atoms with E-state index in [4.69, 9.17) is 21.1 Å². The summed E-state index contributed by atoms with van der Waals surface area (Å²) in [5.74, 6) is 0.388. The van der Waals surface area contributed by atoms with Gasteiger partial charge in [0.05, 0.1) is 25.9 Å². The number of hydrogen-bond donors (Lipinski definition) is 0. The molecule has 0 N–H and O–H groups in total. The number of ether oxygens (including phenoxy) is 2. The number of fused-ring (bicyclic) bond motifs is 1. The molecule has 1 heterocycles. The molecule has 0 saturated heterocycles. The van der Waals surface area contributed by atoms with E-state index in [0.29, 0.717) is 24.6 Å². The van der Waals surface area contributed by atoms with Crippen LogP contribution in [0.2, 0.25) is 5.02 Å². The monoisotopic (exact) mass is 486 g/mol. The summed E-state index contributed by atoms with van der Waals surface area (Å²) in [6, 6.07) is 20.7. The van der Waals surface area contributed by atoms with E-state index >= 15 is 0 Å². The van der Waals surface area contributed by atoms with Gasteiger partial charge in [-0.2, -0.15) is 4.31 Å². The van der Waals surface area contributed by atoms with Crippen molar-refractivity contribution in [3.05, 3.63) is 83.4 Å². The van der Waals surface area contributed by atoms with Crippen LogP contribution in [0, 0.1) is 0 Å². The Kier molecular flexibility index (Phi) is 6.88.